The van der Waals surface area contributed by atoms with Crippen molar-refractivity contribution in [1.82, 2.24) is 0 Å². The number of methoxy groups -OCH3 is 1. The fourth-order valence-corrected chi connectivity index (χ4v) is 2.05. The molecule has 0 N–H and O–H groups in total. The molecule has 0 aliphatic heterocycles. The number of esters is 1. The van der Waals surface area contributed by atoms with Gasteiger partial charge in [-0.15, -0.1) is 0 Å². The largest absolute Gasteiger partial charge is 0.491 e. The first-order chi connectivity index (χ1) is 10.5. The summed E-state index contributed by atoms with van der Waals surface area (Å²) in [7, 11) is 1.01. The van der Waals surface area contributed by atoms with Gasteiger partial charge in [-0.25, -0.2) is 13.6 Å². The molecule has 3 nitrogen and oxygen atoms in total. The van der Waals surface area contributed by atoms with Crippen LogP contribution < -0.4 is 4.74 Å². The van der Waals surface area contributed by atoms with Gasteiger partial charge in [-0.1, -0.05) is 26.7 Å². The molecule has 124 valence electrons. The van der Waals surface area contributed by atoms with E-state index in [1.807, 2.05) is 13.8 Å². The van der Waals surface area contributed by atoms with Crippen LogP contribution in [-0.4, -0.2) is 19.7 Å². The Kier molecular flexibility index (Phi) is 7.21. The summed E-state index contributed by atoms with van der Waals surface area (Å²) >= 11 is 0. The van der Waals surface area contributed by atoms with E-state index in [0.717, 1.165) is 13.5 Å². The molecule has 0 heterocycles. The second-order valence-electron chi connectivity index (χ2n) is 4.92. The van der Waals surface area contributed by atoms with E-state index in [-0.39, 0.29) is 18.6 Å². The minimum atomic E-state index is -1.42. The van der Waals surface area contributed by atoms with Crippen molar-refractivity contribution in [3.8, 4) is 5.75 Å². The van der Waals surface area contributed by atoms with Crippen molar-refractivity contribution in [2.75, 3.05) is 13.7 Å². The number of unbranched alkanes of at least 4 members (excludes halogenated alkanes) is 2. The number of carbonyl (C=O) groups is 1. The molecule has 1 aromatic carbocycles. The normalized spacial score (nSPS) is 10.6. The average molecular weight is 318 g/mol. The van der Waals surface area contributed by atoms with Gasteiger partial charge in [0.2, 0.25) is 5.82 Å². The third-order valence-corrected chi connectivity index (χ3v) is 3.30. The molecule has 0 unspecified atom stereocenters. The van der Waals surface area contributed by atoms with Gasteiger partial charge in [0.05, 0.1) is 13.7 Å². The van der Waals surface area contributed by atoms with Crippen LogP contribution >= 0.6 is 0 Å². The first-order valence-electron chi connectivity index (χ1n) is 7.39. The number of rotatable bonds is 8. The Labute approximate surface area is 128 Å². The number of ether oxygens (including phenoxy) is 2. The molecular weight excluding hydrogens is 297 g/mol. The molecule has 0 spiro atoms. The van der Waals surface area contributed by atoms with Crippen LogP contribution in [0.2, 0.25) is 0 Å². The predicted molar refractivity (Wildman–Crippen MR) is 76.7 cm³/mol. The fraction of sp³-hybridized carbons (Fsp3) is 0.562. The Hall–Kier alpha value is -1.72. The zero-order chi connectivity index (χ0) is 16.7. The molecule has 0 amide bonds. The highest BCUT2D eigenvalue weighted by Gasteiger charge is 2.30. The van der Waals surface area contributed by atoms with Gasteiger partial charge >= 0.3 is 5.97 Å². The lowest BCUT2D eigenvalue weighted by Gasteiger charge is -2.15. The van der Waals surface area contributed by atoms with Gasteiger partial charge in [-0.05, 0) is 19.3 Å². The van der Waals surface area contributed by atoms with Crippen LogP contribution in [-0.2, 0) is 11.2 Å². The summed E-state index contributed by atoms with van der Waals surface area (Å²) in [5.41, 5.74) is -0.862. The summed E-state index contributed by atoms with van der Waals surface area (Å²) < 4.78 is 51.7. The Morgan fingerprint density at radius 2 is 1.64 bits per heavy atom. The Bertz CT molecular complexity index is 530. The quantitative estimate of drug-likeness (QED) is 0.404. The van der Waals surface area contributed by atoms with Gasteiger partial charge in [-0.2, -0.15) is 4.39 Å². The van der Waals surface area contributed by atoms with Crippen LogP contribution in [0.1, 0.15) is 55.5 Å². The van der Waals surface area contributed by atoms with Crippen LogP contribution in [0.25, 0.3) is 0 Å². The first-order valence-corrected chi connectivity index (χ1v) is 7.39. The van der Waals surface area contributed by atoms with E-state index >= 15 is 0 Å². The lowest BCUT2D eigenvalue weighted by molar-refractivity contribution is 0.0491. The van der Waals surface area contributed by atoms with Crippen molar-refractivity contribution in [1.29, 1.82) is 0 Å². The van der Waals surface area contributed by atoms with Gasteiger partial charge in [0, 0.05) is 5.56 Å². The molecular formula is C16H21F3O3. The van der Waals surface area contributed by atoms with Crippen molar-refractivity contribution in [3.05, 3.63) is 28.6 Å². The van der Waals surface area contributed by atoms with Gasteiger partial charge < -0.3 is 9.47 Å². The molecule has 0 aromatic heterocycles. The lowest BCUT2D eigenvalue weighted by Crippen LogP contribution is -2.16. The molecule has 6 heteroatoms. The second-order valence-corrected chi connectivity index (χ2v) is 4.92. The number of benzene rings is 1. The zero-order valence-corrected chi connectivity index (χ0v) is 13.1. The highest BCUT2D eigenvalue weighted by molar-refractivity contribution is 5.92. The van der Waals surface area contributed by atoms with Crippen molar-refractivity contribution in [2.45, 2.75) is 46.0 Å². The van der Waals surface area contributed by atoms with E-state index in [1.54, 1.807) is 0 Å². The van der Waals surface area contributed by atoms with Crippen molar-refractivity contribution < 1.29 is 27.4 Å². The van der Waals surface area contributed by atoms with E-state index < -0.39 is 34.7 Å². The topological polar surface area (TPSA) is 35.5 Å². The molecule has 0 atom stereocenters. The molecule has 0 aliphatic rings. The van der Waals surface area contributed by atoms with Gasteiger partial charge in [0.1, 0.15) is 5.56 Å². The predicted octanol–water partition coefficient (Wildman–Crippen LogP) is 4.41. The smallest absolute Gasteiger partial charge is 0.341 e. The van der Waals surface area contributed by atoms with Crippen molar-refractivity contribution in [2.24, 2.45) is 0 Å². The van der Waals surface area contributed by atoms with Gasteiger partial charge in [0.25, 0.3) is 0 Å². The summed E-state index contributed by atoms with van der Waals surface area (Å²) in [6, 6.07) is 0. The number of carbonyl (C=O) groups excluding carboxylic acids is 1. The molecule has 0 aliphatic carbocycles. The Morgan fingerprint density at radius 1 is 1.00 bits per heavy atom. The Balaban J connectivity index is 3.30. The summed E-state index contributed by atoms with van der Waals surface area (Å²) in [6.07, 6.45) is 2.65. The van der Waals surface area contributed by atoms with Crippen LogP contribution in [0, 0.1) is 17.5 Å². The summed E-state index contributed by atoms with van der Waals surface area (Å²) in [6.45, 7) is 3.86. The van der Waals surface area contributed by atoms with Crippen molar-refractivity contribution in [3.63, 3.8) is 0 Å². The van der Waals surface area contributed by atoms with E-state index in [4.69, 9.17) is 4.74 Å². The maximum atomic E-state index is 14.3. The minimum absolute atomic E-state index is 0.0539. The maximum absolute atomic E-state index is 14.3. The number of halogens is 3. The van der Waals surface area contributed by atoms with Crippen LogP contribution in [0.3, 0.4) is 0 Å². The highest BCUT2D eigenvalue weighted by Crippen LogP contribution is 2.32. The standard InChI is InChI=1S/C16H21F3O3/c1-4-6-8-10-11(16(20)22-9-7-5-2)13(18)15(21-3)14(19)12(10)17/h4-9H2,1-3H3. The van der Waals surface area contributed by atoms with Crippen LogP contribution in [0.5, 0.6) is 5.75 Å². The van der Waals surface area contributed by atoms with E-state index in [0.29, 0.717) is 19.3 Å². The average Bonchev–Trinajstić information content (AvgIpc) is 2.50. The molecule has 1 rings (SSSR count). The summed E-state index contributed by atoms with van der Waals surface area (Å²) in [5.74, 6) is -5.78. The molecule has 0 saturated heterocycles. The maximum Gasteiger partial charge on any atom is 0.341 e. The SMILES string of the molecule is CCCCOC(=O)c1c(F)c(OC)c(F)c(F)c1CCCC. The summed E-state index contributed by atoms with van der Waals surface area (Å²) in [5, 5.41) is 0. The fourth-order valence-electron chi connectivity index (χ4n) is 2.05. The minimum Gasteiger partial charge on any atom is -0.491 e. The van der Waals surface area contributed by atoms with Crippen LogP contribution in [0.15, 0.2) is 0 Å². The number of hydrogen-bond acceptors (Lipinski definition) is 3. The zero-order valence-electron chi connectivity index (χ0n) is 13.1. The highest BCUT2D eigenvalue weighted by atomic mass is 19.2. The Morgan fingerprint density at radius 3 is 2.18 bits per heavy atom. The molecule has 0 fully saturated rings. The van der Waals surface area contributed by atoms with Gasteiger partial charge in [0.15, 0.2) is 17.4 Å². The number of hydrogen-bond donors (Lipinski definition) is 0. The molecule has 0 radical (unpaired) electrons. The monoisotopic (exact) mass is 318 g/mol. The van der Waals surface area contributed by atoms with Crippen molar-refractivity contribution >= 4 is 5.97 Å². The van der Waals surface area contributed by atoms with Gasteiger partial charge in [-0.3, -0.25) is 0 Å². The molecule has 22 heavy (non-hydrogen) atoms. The molecule has 0 saturated carbocycles. The molecule has 1 aromatic rings. The van der Waals surface area contributed by atoms with E-state index in [2.05, 4.69) is 4.74 Å². The molecule has 0 bridgehead atoms. The third-order valence-electron chi connectivity index (χ3n) is 3.30. The third kappa shape index (κ3) is 3.93. The summed E-state index contributed by atoms with van der Waals surface area (Å²) in [4.78, 5) is 12.0. The van der Waals surface area contributed by atoms with Crippen LogP contribution in [0.4, 0.5) is 13.2 Å². The second kappa shape index (κ2) is 8.66. The van der Waals surface area contributed by atoms with E-state index in [1.165, 1.54) is 0 Å². The first kappa shape index (κ1) is 18.3. The van der Waals surface area contributed by atoms with E-state index in [9.17, 15) is 18.0 Å². The lowest BCUT2D eigenvalue weighted by atomic mass is 9.99.